The normalized spacial score (nSPS) is 10.3. The molecule has 2 rings (SSSR count). The molecule has 0 aliphatic heterocycles. The summed E-state index contributed by atoms with van der Waals surface area (Å²) in [6.45, 7) is 0.244. The molecule has 5 heteroatoms. The molecule has 0 radical (unpaired) electrons. The predicted octanol–water partition coefficient (Wildman–Crippen LogP) is 3.23. The van der Waals surface area contributed by atoms with Gasteiger partial charge in [-0.1, -0.05) is 15.9 Å². The molecular weight excluding hydrogens is 287 g/mol. The predicted molar refractivity (Wildman–Crippen MR) is 66.3 cm³/mol. The number of ether oxygens (including phenoxy) is 1. The van der Waals surface area contributed by atoms with Gasteiger partial charge >= 0.3 is 0 Å². The molecule has 1 heterocycles. The van der Waals surface area contributed by atoms with Crippen molar-refractivity contribution in [2.75, 3.05) is 0 Å². The molecule has 3 nitrogen and oxygen atoms in total. The van der Waals surface area contributed by atoms with Crippen LogP contribution < -0.4 is 10.5 Å². The van der Waals surface area contributed by atoms with Gasteiger partial charge in [0.2, 0.25) is 0 Å². The van der Waals surface area contributed by atoms with Crippen LogP contribution in [0, 0.1) is 5.82 Å². The van der Waals surface area contributed by atoms with Gasteiger partial charge < -0.3 is 10.5 Å². The van der Waals surface area contributed by atoms with E-state index in [4.69, 9.17) is 10.5 Å². The van der Waals surface area contributed by atoms with Crippen LogP contribution in [-0.2, 0) is 6.54 Å². The number of nitrogens with zero attached hydrogens (tertiary/aromatic N) is 1. The highest BCUT2D eigenvalue weighted by Gasteiger charge is 2.08. The second kappa shape index (κ2) is 5.25. The van der Waals surface area contributed by atoms with Crippen LogP contribution in [0.4, 0.5) is 4.39 Å². The van der Waals surface area contributed by atoms with Crippen molar-refractivity contribution >= 4 is 15.9 Å². The summed E-state index contributed by atoms with van der Waals surface area (Å²) in [7, 11) is 0. The average molecular weight is 297 g/mol. The Morgan fingerprint density at radius 1 is 1.29 bits per heavy atom. The van der Waals surface area contributed by atoms with Gasteiger partial charge in [0, 0.05) is 17.2 Å². The maximum Gasteiger partial charge on any atom is 0.166 e. The van der Waals surface area contributed by atoms with E-state index in [9.17, 15) is 4.39 Å². The summed E-state index contributed by atoms with van der Waals surface area (Å²) in [4.78, 5) is 4.06. The molecule has 0 amide bonds. The van der Waals surface area contributed by atoms with Crippen LogP contribution in [0.5, 0.6) is 11.5 Å². The van der Waals surface area contributed by atoms with E-state index >= 15 is 0 Å². The zero-order valence-corrected chi connectivity index (χ0v) is 10.4. The first kappa shape index (κ1) is 12.0. The molecule has 17 heavy (non-hydrogen) atoms. The lowest BCUT2D eigenvalue weighted by molar-refractivity contribution is 0.435. The van der Waals surface area contributed by atoms with Crippen molar-refractivity contribution in [1.82, 2.24) is 4.98 Å². The van der Waals surface area contributed by atoms with E-state index in [2.05, 4.69) is 20.9 Å². The number of rotatable bonds is 3. The fourth-order valence-electron chi connectivity index (χ4n) is 1.35. The molecule has 0 aliphatic carbocycles. The van der Waals surface area contributed by atoms with Gasteiger partial charge in [-0.15, -0.1) is 0 Å². The molecule has 1 aromatic carbocycles. The molecule has 0 saturated carbocycles. The van der Waals surface area contributed by atoms with Gasteiger partial charge in [0.25, 0.3) is 0 Å². The van der Waals surface area contributed by atoms with Crippen molar-refractivity contribution in [2.24, 2.45) is 5.73 Å². The Labute approximate surface area is 107 Å². The average Bonchev–Trinajstić information content (AvgIpc) is 2.33. The van der Waals surface area contributed by atoms with Crippen LogP contribution in [-0.4, -0.2) is 4.98 Å². The van der Waals surface area contributed by atoms with E-state index < -0.39 is 5.82 Å². The Morgan fingerprint density at radius 3 is 2.82 bits per heavy atom. The van der Waals surface area contributed by atoms with Crippen LogP contribution >= 0.6 is 15.9 Å². The largest absolute Gasteiger partial charge is 0.452 e. The maximum absolute atomic E-state index is 13.6. The molecule has 0 unspecified atom stereocenters. The fourth-order valence-corrected chi connectivity index (χ4v) is 1.68. The number of benzene rings is 1. The lowest BCUT2D eigenvalue weighted by Crippen LogP contribution is -2.02. The first-order chi connectivity index (χ1) is 8.20. The standard InChI is InChI=1S/C12H10BrFN2O/c13-8-3-4-11(9(14)6-8)17-12-2-1-5-16-10(12)7-15/h1-6H,7,15H2. The Balaban J connectivity index is 2.31. The first-order valence-electron chi connectivity index (χ1n) is 4.97. The second-order valence-corrected chi connectivity index (χ2v) is 4.24. The fraction of sp³-hybridized carbons (Fsp3) is 0.0833. The molecular formula is C12H10BrFN2O. The van der Waals surface area contributed by atoms with Gasteiger partial charge in [-0.2, -0.15) is 0 Å². The lowest BCUT2D eigenvalue weighted by atomic mass is 10.3. The quantitative estimate of drug-likeness (QED) is 0.946. The zero-order valence-electron chi connectivity index (χ0n) is 8.86. The van der Waals surface area contributed by atoms with Crippen LogP contribution in [0.15, 0.2) is 41.0 Å². The molecule has 1 aromatic heterocycles. The third-order valence-corrected chi connectivity index (χ3v) is 2.65. The molecule has 0 spiro atoms. The van der Waals surface area contributed by atoms with E-state index in [-0.39, 0.29) is 12.3 Å². The smallest absolute Gasteiger partial charge is 0.166 e. The van der Waals surface area contributed by atoms with Crippen LogP contribution in [0.25, 0.3) is 0 Å². The highest BCUT2D eigenvalue weighted by atomic mass is 79.9. The highest BCUT2D eigenvalue weighted by molar-refractivity contribution is 9.10. The van der Waals surface area contributed by atoms with E-state index in [1.54, 1.807) is 30.5 Å². The number of pyridine rings is 1. The minimum Gasteiger partial charge on any atom is -0.452 e. The molecule has 0 aliphatic rings. The highest BCUT2D eigenvalue weighted by Crippen LogP contribution is 2.28. The van der Waals surface area contributed by atoms with Crippen molar-refractivity contribution < 1.29 is 9.13 Å². The van der Waals surface area contributed by atoms with Crippen LogP contribution in [0.2, 0.25) is 0 Å². The van der Waals surface area contributed by atoms with E-state index in [1.165, 1.54) is 6.07 Å². The summed E-state index contributed by atoms with van der Waals surface area (Å²) in [5.41, 5.74) is 6.12. The molecule has 0 bridgehead atoms. The summed E-state index contributed by atoms with van der Waals surface area (Å²) in [5, 5.41) is 0. The summed E-state index contributed by atoms with van der Waals surface area (Å²) < 4.78 is 19.7. The van der Waals surface area contributed by atoms with Crippen molar-refractivity contribution in [1.29, 1.82) is 0 Å². The third kappa shape index (κ3) is 2.81. The molecule has 0 saturated heterocycles. The Morgan fingerprint density at radius 2 is 2.12 bits per heavy atom. The van der Waals surface area contributed by atoms with E-state index in [0.717, 1.165) is 0 Å². The molecule has 0 fully saturated rings. The van der Waals surface area contributed by atoms with Crippen molar-refractivity contribution in [3.8, 4) is 11.5 Å². The Kier molecular flexibility index (Phi) is 3.71. The van der Waals surface area contributed by atoms with Gasteiger partial charge in [0.1, 0.15) is 5.75 Å². The SMILES string of the molecule is NCc1ncccc1Oc1ccc(Br)cc1F. The van der Waals surface area contributed by atoms with Gasteiger partial charge in [-0.3, -0.25) is 4.98 Å². The first-order valence-corrected chi connectivity index (χ1v) is 5.77. The summed E-state index contributed by atoms with van der Waals surface area (Å²) >= 11 is 3.18. The number of nitrogens with two attached hydrogens (primary N) is 1. The van der Waals surface area contributed by atoms with E-state index in [0.29, 0.717) is 15.9 Å². The monoisotopic (exact) mass is 296 g/mol. The topological polar surface area (TPSA) is 48.1 Å². The summed E-state index contributed by atoms with van der Waals surface area (Å²) in [5.74, 6) is 0.179. The Bertz CT molecular complexity index is 534. The van der Waals surface area contributed by atoms with E-state index in [1.807, 2.05) is 0 Å². The Hall–Kier alpha value is -1.46. The zero-order chi connectivity index (χ0) is 12.3. The van der Waals surface area contributed by atoms with Gasteiger partial charge in [0.05, 0.1) is 5.69 Å². The maximum atomic E-state index is 13.6. The number of hydrogen-bond donors (Lipinski definition) is 1. The summed E-state index contributed by atoms with van der Waals surface area (Å²) in [6, 6.07) is 8.01. The minimum atomic E-state index is -0.439. The summed E-state index contributed by atoms with van der Waals surface area (Å²) in [6.07, 6.45) is 1.62. The minimum absolute atomic E-state index is 0.149. The van der Waals surface area contributed by atoms with Crippen LogP contribution in [0.3, 0.4) is 0 Å². The number of hydrogen-bond acceptors (Lipinski definition) is 3. The second-order valence-electron chi connectivity index (χ2n) is 3.33. The molecule has 2 N–H and O–H groups in total. The number of halogens is 2. The number of aromatic nitrogens is 1. The molecule has 88 valence electrons. The van der Waals surface area contributed by atoms with Crippen molar-refractivity contribution in [3.63, 3.8) is 0 Å². The van der Waals surface area contributed by atoms with Crippen LogP contribution in [0.1, 0.15) is 5.69 Å². The van der Waals surface area contributed by atoms with Crippen molar-refractivity contribution in [3.05, 3.63) is 52.5 Å². The van der Waals surface area contributed by atoms with Crippen molar-refractivity contribution in [2.45, 2.75) is 6.54 Å². The van der Waals surface area contributed by atoms with Gasteiger partial charge in [0.15, 0.2) is 11.6 Å². The van der Waals surface area contributed by atoms with Gasteiger partial charge in [-0.05, 0) is 30.3 Å². The lowest BCUT2D eigenvalue weighted by Gasteiger charge is -2.09. The third-order valence-electron chi connectivity index (χ3n) is 2.16. The molecule has 0 atom stereocenters. The molecule has 2 aromatic rings. The van der Waals surface area contributed by atoms with Gasteiger partial charge in [-0.25, -0.2) is 4.39 Å².